The van der Waals surface area contributed by atoms with Crippen molar-refractivity contribution in [2.45, 2.75) is 19.9 Å². The molecule has 5 heteroatoms. The van der Waals surface area contributed by atoms with Gasteiger partial charge < -0.3 is 10.4 Å². The molecule has 0 amide bonds. The zero-order chi connectivity index (χ0) is 13.1. The molecular weight excluding hydrogens is 248 g/mol. The Kier molecular flexibility index (Phi) is 3.62. The van der Waals surface area contributed by atoms with Crippen LogP contribution in [0, 0.1) is 13.8 Å². The van der Waals surface area contributed by atoms with Crippen LogP contribution in [0.3, 0.4) is 0 Å². The van der Waals surface area contributed by atoms with Gasteiger partial charge in [-0.25, -0.2) is 9.78 Å². The second kappa shape index (κ2) is 5.18. The van der Waals surface area contributed by atoms with E-state index in [9.17, 15) is 9.90 Å². The summed E-state index contributed by atoms with van der Waals surface area (Å²) in [5.74, 6) is -0.899. The monoisotopic (exact) mass is 262 g/mol. The molecule has 2 N–H and O–H groups in total. The lowest BCUT2D eigenvalue weighted by molar-refractivity contribution is -0.138. The summed E-state index contributed by atoms with van der Waals surface area (Å²) in [6.45, 7) is 3.79. The van der Waals surface area contributed by atoms with Gasteiger partial charge in [-0.2, -0.15) is 0 Å². The molecule has 18 heavy (non-hydrogen) atoms. The summed E-state index contributed by atoms with van der Waals surface area (Å²) in [4.78, 5) is 16.2. The van der Waals surface area contributed by atoms with Gasteiger partial charge >= 0.3 is 5.97 Å². The summed E-state index contributed by atoms with van der Waals surface area (Å²) in [6, 6.07) is 6.90. The lowest BCUT2D eigenvalue weighted by Crippen LogP contribution is -2.20. The molecule has 0 bridgehead atoms. The number of carboxylic acid groups (broad SMARTS) is 1. The summed E-state index contributed by atoms with van der Waals surface area (Å²) >= 11 is 1.35. The summed E-state index contributed by atoms with van der Waals surface area (Å²) in [5.41, 5.74) is 4.31. The Labute approximate surface area is 109 Å². The van der Waals surface area contributed by atoms with Crippen molar-refractivity contribution in [1.82, 2.24) is 4.98 Å². The number of aryl methyl sites for hydroxylation is 2. The largest absolute Gasteiger partial charge is 0.479 e. The first-order chi connectivity index (χ1) is 8.58. The van der Waals surface area contributed by atoms with Gasteiger partial charge in [-0.1, -0.05) is 12.1 Å². The van der Waals surface area contributed by atoms with Crippen LogP contribution in [0.1, 0.15) is 22.2 Å². The van der Waals surface area contributed by atoms with Crippen LogP contribution < -0.4 is 5.32 Å². The third-order valence-electron chi connectivity index (χ3n) is 2.62. The number of hydrogen-bond donors (Lipinski definition) is 2. The number of hydrogen-bond acceptors (Lipinski definition) is 4. The predicted molar refractivity (Wildman–Crippen MR) is 72.0 cm³/mol. The topological polar surface area (TPSA) is 62.2 Å². The van der Waals surface area contributed by atoms with Gasteiger partial charge in [0.05, 0.1) is 16.1 Å². The molecular formula is C13H14N2O2S. The average molecular weight is 262 g/mol. The van der Waals surface area contributed by atoms with Crippen LogP contribution >= 0.6 is 11.3 Å². The number of nitrogens with zero attached hydrogens (tertiary/aromatic N) is 1. The highest BCUT2D eigenvalue weighted by molar-refractivity contribution is 7.10. The SMILES string of the molecule is Cc1cccc(NC(C(=O)O)c2scnc2C)c1. The third-order valence-corrected chi connectivity index (χ3v) is 3.62. The van der Waals surface area contributed by atoms with Crippen molar-refractivity contribution >= 4 is 23.0 Å². The molecule has 1 atom stereocenters. The van der Waals surface area contributed by atoms with Gasteiger partial charge in [-0.3, -0.25) is 0 Å². The van der Waals surface area contributed by atoms with Crippen LogP contribution in [-0.4, -0.2) is 16.1 Å². The van der Waals surface area contributed by atoms with Crippen molar-refractivity contribution in [1.29, 1.82) is 0 Å². The molecule has 0 aliphatic rings. The molecule has 0 radical (unpaired) electrons. The van der Waals surface area contributed by atoms with Crippen LogP contribution in [0.25, 0.3) is 0 Å². The Morgan fingerprint density at radius 1 is 1.44 bits per heavy atom. The number of aromatic nitrogens is 1. The molecule has 4 nitrogen and oxygen atoms in total. The van der Waals surface area contributed by atoms with Gasteiger partial charge in [0, 0.05) is 5.69 Å². The van der Waals surface area contributed by atoms with E-state index in [4.69, 9.17) is 0 Å². The fourth-order valence-electron chi connectivity index (χ4n) is 1.73. The van der Waals surface area contributed by atoms with Crippen molar-refractivity contribution in [3.63, 3.8) is 0 Å². The molecule has 0 spiro atoms. The maximum absolute atomic E-state index is 11.4. The lowest BCUT2D eigenvalue weighted by Gasteiger charge is -2.15. The van der Waals surface area contributed by atoms with E-state index >= 15 is 0 Å². The first-order valence-corrected chi connectivity index (χ1v) is 6.42. The number of nitrogens with one attached hydrogen (secondary N) is 1. The average Bonchev–Trinajstić information content (AvgIpc) is 2.72. The minimum Gasteiger partial charge on any atom is -0.479 e. The molecule has 0 fully saturated rings. The van der Waals surface area contributed by atoms with Crippen LogP contribution in [0.4, 0.5) is 5.69 Å². The number of rotatable bonds is 4. The minimum atomic E-state index is -0.899. The van der Waals surface area contributed by atoms with Gasteiger partial charge in [0.25, 0.3) is 0 Å². The molecule has 1 unspecified atom stereocenters. The van der Waals surface area contributed by atoms with E-state index in [-0.39, 0.29) is 0 Å². The van der Waals surface area contributed by atoms with Crippen molar-refractivity contribution in [3.05, 3.63) is 45.9 Å². The molecule has 0 aliphatic carbocycles. The minimum absolute atomic E-state index is 0.740. The summed E-state index contributed by atoms with van der Waals surface area (Å²) < 4.78 is 0. The molecule has 1 heterocycles. The summed E-state index contributed by atoms with van der Waals surface area (Å²) in [7, 11) is 0. The molecule has 0 aliphatic heterocycles. The number of aliphatic carboxylic acids is 1. The Morgan fingerprint density at radius 3 is 2.78 bits per heavy atom. The molecule has 2 rings (SSSR count). The van der Waals surface area contributed by atoms with Gasteiger partial charge in [0.15, 0.2) is 6.04 Å². The highest BCUT2D eigenvalue weighted by Crippen LogP contribution is 2.26. The Morgan fingerprint density at radius 2 is 2.22 bits per heavy atom. The van der Waals surface area contributed by atoms with Crippen LogP contribution in [0.15, 0.2) is 29.8 Å². The van der Waals surface area contributed by atoms with E-state index in [2.05, 4.69) is 10.3 Å². The first-order valence-electron chi connectivity index (χ1n) is 5.54. The Bertz CT molecular complexity index is 566. The van der Waals surface area contributed by atoms with Gasteiger partial charge in [0.2, 0.25) is 0 Å². The zero-order valence-corrected chi connectivity index (χ0v) is 11.0. The normalized spacial score (nSPS) is 12.1. The second-order valence-electron chi connectivity index (χ2n) is 4.09. The highest BCUT2D eigenvalue weighted by Gasteiger charge is 2.23. The van der Waals surface area contributed by atoms with Gasteiger partial charge in [-0.15, -0.1) is 11.3 Å². The maximum atomic E-state index is 11.4. The maximum Gasteiger partial charge on any atom is 0.331 e. The summed E-state index contributed by atoms with van der Waals surface area (Å²) in [6.07, 6.45) is 0. The second-order valence-corrected chi connectivity index (χ2v) is 4.97. The number of benzene rings is 1. The van der Waals surface area contributed by atoms with Crippen LogP contribution in [0.2, 0.25) is 0 Å². The third kappa shape index (κ3) is 2.68. The molecule has 1 aromatic carbocycles. The molecule has 0 saturated heterocycles. The number of thiazole rings is 1. The number of carboxylic acids is 1. The van der Waals surface area contributed by atoms with Crippen molar-refractivity contribution in [2.24, 2.45) is 0 Å². The predicted octanol–water partition coefficient (Wildman–Crippen LogP) is 3.00. The van der Waals surface area contributed by atoms with Gasteiger partial charge in [0.1, 0.15) is 0 Å². The standard InChI is InChI=1S/C13H14N2O2S/c1-8-4-3-5-10(6-8)15-11(13(16)17)12-9(2)14-7-18-12/h3-7,11,15H,1-2H3,(H,16,17). The van der Waals surface area contributed by atoms with E-state index in [1.54, 1.807) is 5.51 Å². The van der Waals surface area contributed by atoms with Gasteiger partial charge in [-0.05, 0) is 31.5 Å². The van der Waals surface area contributed by atoms with Crippen molar-refractivity contribution in [2.75, 3.05) is 5.32 Å². The van der Waals surface area contributed by atoms with E-state index < -0.39 is 12.0 Å². The molecule has 1 aromatic heterocycles. The number of carbonyl (C=O) groups is 1. The quantitative estimate of drug-likeness (QED) is 0.889. The molecule has 0 saturated carbocycles. The fraction of sp³-hybridized carbons (Fsp3) is 0.231. The van der Waals surface area contributed by atoms with E-state index in [0.717, 1.165) is 21.8 Å². The van der Waals surface area contributed by atoms with Crippen molar-refractivity contribution in [3.8, 4) is 0 Å². The Balaban J connectivity index is 2.28. The highest BCUT2D eigenvalue weighted by atomic mass is 32.1. The molecule has 2 aromatic rings. The fourth-order valence-corrected chi connectivity index (χ4v) is 2.57. The van der Waals surface area contributed by atoms with Crippen molar-refractivity contribution < 1.29 is 9.90 Å². The van der Waals surface area contributed by atoms with E-state index in [1.165, 1.54) is 11.3 Å². The summed E-state index contributed by atoms with van der Waals surface area (Å²) in [5, 5.41) is 12.3. The first kappa shape index (κ1) is 12.6. The van der Waals surface area contributed by atoms with E-state index in [0.29, 0.717) is 0 Å². The smallest absolute Gasteiger partial charge is 0.331 e. The zero-order valence-electron chi connectivity index (χ0n) is 10.2. The Hall–Kier alpha value is -1.88. The van der Waals surface area contributed by atoms with Crippen LogP contribution in [0.5, 0.6) is 0 Å². The molecule has 94 valence electrons. The van der Waals surface area contributed by atoms with E-state index in [1.807, 2.05) is 38.1 Å². The number of anilines is 1. The van der Waals surface area contributed by atoms with Crippen LogP contribution in [-0.2, 0) is 4.79 Å². The lowest BCUT2D eigenvalue weighted by atomic mass is 10.1.